The molecule has 0 aliphatic carbocycles. The molecule has 0 unspecified atom stereocenters. The molecule has 0 aliphatic rings. The molecule has 3 nitrogen and oxygen atoms in total. The van der Waals surface area contributed by atoms with E-state index < -0.39 is 0 Å². The van der Waals surface area contributed by atoms with Crippen LogP contribution in [0.4, 0.5) is 0 Å². The highest BCUT2D eigenvalue weighted by Crippen LogP contribution is 2.10. The van der Waals surface area contributed by atoms with Crippen LogP contribution in [0.25, 0.3) is 0 Å². The minimum absolute atomic E-state index is 0.0741. The van der Waals surface area contributed by atoms with Crippen molar-refractivity contribution < 1.29 is 9.53 Å². The summed E-state index contributed by atoms with van der Waals surface area (Å²) < 4.78 is 6.18. The molecule has 1 aromatic carbocycles. The van der Waals surface area contributed by atoms with E-state index in [1.165, 1.54) is 0 Å². The van der Waals surface area contributed by atoms with Gasteiger partial charge in [-0.15, -0.1) is 0 Å². The molecule has 5 heteroatoms. The molecule has 0 spiro atoms. The Kier molecular flexibility index (Phi) is 6.68. The maximum absolute atomic E-state index is 11.6. The quantitative estimate of drug-likeness (QED) is 0.632. The molecule has 1 rings (SSSR count). The molecule has 16 heavy (non-hydrogen) atoms. The third kappa shape index (κ3) is 5.09. The van der Waals surface area contributed by atoms with Crippen LogP contribution in [-0.4, -0.2) is 31.0 Å². The van der Waals surface area contributed by atoms with Gasteiger partial charge in [0.25, 0.3) is 5.91 Å². The highest BCUT2D eigenvalue weighted by molar-refractivity contribution is 9.10. The van der Waals surface area contributed by atoms with Crippen LogP contribution in [0.15, 0.2) is 28.7 Å². The molecule has 0 heterocycles. The van der Waals surface area contributed by atoms with Gasteiger partial charge in [0.2, 0.25) is 0 Å². The molecule has 0 fully saturated rings. The van der Waals surface area contributed by atoms with E-state index in [0.29, 0.717) is 25.3 Å². The molecule has 0 atom stereocenters. The van der Waals surface area contributed by atoms with Crippen molar-refractivity contribution in [3.8, 4) is 0 Å². The minimum Gasteiger partial charge on any atom is -0.379 e. The predicted molar refractivity (Wildman–Crippen MR) is 71.1 cm³/mol. The third-order valence-corrected chi connectivity index (χ3v) is 2.71. The summed E-state index contributed by atoms with van der Waals surface area (Å²) in [5, 5.41) is 3.60. The smallest absolute Gasteiger partial charge is 0.251 e. The van der Waals surface area contributed by atoms with Crippen molar-refractivity contribution in [3.05, 3.63) is 34.3 Å². The summed E-state index contributed by atoms with van der Waals surface area (Å²) in [7, 11) is 0. The van der Waals surface area contributed by atoms with Gasteiger partial charge in [0.05, 0.1) is 13.2 Å². The summed E-state index contributed by atoms with van der Waals surface area (Å²) in [4.78, 5) is 11.6. The summed E-state index contributed by atoms with van der Waals surface area (Å²) in [6.07, 6.45) is 0. The molecule has 1 aromatic rings. The Bertz CT molecular complexity index is 327. The van der Waals surface area contributed by atoms with E-state index in [0.717, 1.165) is 9.80 Å². The van der Waals surface area contributed by atoms with Gasteiger partial charge < -0.3 is 10.1 Å². The maximum Gasteiger partial charge on any atom is 0.251 e. The van der Waals surface area contributed by atoms with E-state index in [-0.39, 0.29) is 5.91 Å². The highest BCUT2D eigenvalue weighted by Gasteiger charge is 2.03. The number of rotatable bonds is 6. The minimum atomic E-state index is -0.0741. The van der Waals surface area contributed by atoms with Gasteiger partial charge in [0, 0.05) is 21.9 Å². The number of hydrogen-bond acceptors (Lipinski definition) is 2. The zero-order valence-corrected chi connectivity index (χ0v) is 11.9. The lowest BCUT2D eigenvalue weighted by atomic mass is 10.2. The molecular formula is C11H13Br2NO2. The Morgan fingerprint density at radius 1 is 1.25 bits per heavy atom. The van der Waals surface area contributed by atoms with Gasteiger partial charge in [0.1, 0.15) is 0 Å². The lowest BCUT2D eigenvalue weighted by Crippen LogP contribution is -2.27. The van der Waals surface area contributed by atoms with E-state index in [2.05, 4.69) is 37.2 Å². The highest BCUT2D eigenvalue weighted by atomic mass is 79.9. The Morgan fingerprint density at radius 2 is 1.94 bits per heavy atom. The van der Waals surface area contributed by atoms with Crippen molar-refractivity contribution in [1.29, 1.82) is 0 Å². The molecule has 0 saturated carbocycles. The second kappa shape index (κ2) is 7.81. The summed E-state index contributed by atoms with van der Waals surface area (Å²) in [5.74, 6) is -0.0741. The van der Waals surface area contributed by atoms with Gasteiger partial charge in [-0.25, -0.2) is 0 Å². The third-order valence-electron chi connectivity index (χ3n) is 1.86. The van der Waals surface area contributed by atoms with Crippen LogP contribution < -0.4 is 5.32 Å². The van der Waals surface area contributed by atoms with Crippen LogP contribution in [-0.2, 0) is 4.74 Å². The molecule has 0 radical (unpaired) electrons. The molecule has 88 valence electrons. The first kappa shape index (κ1) is 13.7. The van der Waals surface area contributed by atoms with E-state index in [9.17, 15) is 4.79 Å². The van der Waals surface area contributed by atoms with Crippen molar-refractivity contribution in [2.24, 2.45) is 0 Å². The van der Waals surface area contributed by atoms with Crippen LogP contribution in [0.5, 0.6) is 0 Å². The monoisotopic (exact) mass is 349 g/mol. The fourth-order valence-electron chi connectivity index (χ4n) is 1.10. The summed E-state index contributed by atoms with van der Waals surface area (Å²) in [6, 6.07) is 7.24. The molecule has 0 saturated heterocycles. The SMILES string of the molecule is O=C(NCCOCCBr)c1ccc(Br)cc1. The Hall–Kier alpha value is -0.390. The van der Waals surface area contributed by atoms with Crippen molar-refractivity contribution >= 4 is 37.8 Å². The predicted octanol–water partition coefficient (Wildman–Crippen LogP) is 2.59. The number of nitrogens with one attached hydrogen (secondary N) is 1. The van der Waals surface area contributed by atoms with E-state index in [1.54, 1.807) is 12.1 Å². The van der Waals surface area contributed by atoms with Gasteiger partial charge in [-0.3, -0.25) is 4.79 Å². The number of hydrogen-bond donors (Lipinski definition) is 1. The normalized spacial score (nSPS) is 10.1. The van der Waals surface area contributed by atoms with Crippen LogP contribution in [0.1, 0.15) is 10.4 Å². The molecule has 0 aromatic heterocycles. The molecule has 1 amide bonds. The van der Waals surface area contributed by atoms with E-state index in [1.807, 2.05) is 12.1 Å². The average molecular weight is 351 g/mol. The Labute approximate surface area is 112 Å². The standard InChI is InChI=1S/C11H13Br2NO2/c12-5-7-16-8-6-14-11(15)9-1-3-10(13)4-2-9/h1-4H,5-8H2,(H,14,15). The largest absolute Gasteiger partial charge is 0.379 e. The van der Waals surface area contributed by atoms with Gasteiger partial charge in [-0.2, -0.15) is 0 Å². The van der Waals surface area contributed by atoms with Crippen molar-refractivity contribution in [2.75, 3.05) is 25.1 Å². The second-order valence-corrected chi connectivity index (χ2v) is 4.77. The lowest BCUT2D eigenvalue weighted by molar-refractivity contribution is 0.0924. The zero-order valence-electron chi connectivity index (χ0n) is 8.71. The fourth-order valence-corrected chi connectivity index (χ4v) is 1.59. The van der Waals surface area contributed by atoms with E-state index in [4.69, 9.17) is 4.74 Å². The Balaban J connectivity index is 2.27. The van der Waals surface area contributed by atoms with Gasteiger partial charge in [-0.05, 0) is 24.3 Å². The fraction of sp³-hybridized carbons (Fsp3) is 0.364. The first-order valence-electron chi connectivity index (χ1n) is 4.91. The van der Waals surface area contributed by atoms with Gasteiger partial charge >= 0.3 is 0 Å². The topological polar surface area (TPSA) is 38.3 Å². The summed E-state index contributed by atoms with van der Waals surface area (Å²) >= 11 is 6.58. The zero-order chi connectivity index (χ0) is 11.8. The van der Waals surface area contributed by atoms with Crippen LogP contribution >= 0.6 is 31.9 Å². The number of alkyl halides is 1. The number of amides is 1. The number of carbonyl (C=O) groups excluding carboxylic acids is 1. The van der Waals surface area contributed by atoms with Crippen LogP contribution in [0.2, 0.25) is 0 Å². The first-order chi connectivity index (χ1) is 7.74. The number of carbonyl (C=O) groups is 1. The second-order valence-electron chi connectivity index (χ2n) is 3.06. The average Bonchev–Trinajstić information content (AvgIpc) is 2.29. The molecular weight excluding hydrogens is 338 g/mol. The van der Waals surface area contributed by atoms with Crippen molar-refractivity contribution in [2.45, 2.75) is 0 Å². The number of benzene rings is 1. The summed E-state index contributed by atoms with van der Waals surface area (Å²) in [5.41, 5.74) is 0.656. The summed E-state index contributed by atoms with van der Waals surface area (Å²) in [6.45, 7) is 1.73. The Morgan fingerprint density at radius 3 is 2.56 bits per heavy atom. The van der Waals surface area contributed by atoms with Crippen LogP contribution in [0, 0.1) is 0 Å². The molecule has 1 N–H and O–H groups in total. The number of ether oxygens (including phenoxy) is 1. The lowest BCUT2D eigenvalue weighted by Gasteiger charge is -2.05. The van der Waals surface area contributed by atoms with Gasteiger partial charge in [0.15, 0.2) is 0 Å². The van der Waals surface area contributed by atoms with Gasteiger partial charge in [-0.1, -0.05) is 31.9 Å². The molecule has 0 aliphatic heterocycles. The molecule has 0 bridgehead atoms. The van der Waals surface area contributed by atoms with Crippen molar-refractivity contribution in [1.82, 2.24) is 5.32 Å². The van der Waals surface area contributed by atoms with Crippen LogP contribution in [0.3, 0.4) is 0 Å². The van der Waals surface area contributed by atoms with Crippen molar-refractivity contribution in [3.63, 3.8) is 0 Å². The van der Waals surface area contributed by atoms with E-state index >= 15 is 0 Å². The maximum atomic E-state index is 11.6. The number of halogens is 2. The first-order valence-corrected chi connectivity index (χ1v) is 6.83.